The van der Waals surface area contributed by atoms with Gasteiger partial charge in [-0.1, -0.05) is 11.6 Å². The number of carbonyl (C=O) groups excluding carboxylic acids is 2. The average Bonchev–Trinajstić information content (AvgIpc) is 3.16. The monoisotopic (exact) mass is 363 g/mol. The maximum Gasteiger partial charge on any atom is 0.305 e. The van der Waals surface area contributed by atoms with E-state index in [0.717, 1.165) is 12.8 Å². The Morgan fingerprint density at radius 1 is 1.32 bits per heavy atom. The molecule has 0 saturated carbocycles. The minimum absolute atomic E-state index is 0.0984. The van der Waals surface area contributed by atoms with E-state index < -0.39 is 0 Å². The zero-order valence-corrected chi connectivity index (χ0v) is 14.5. The Balaban J connectivity index is 1.73. The van der Waals surface area contributed by atoms with Crippen molar-refractivity contribution in [2.45, 2.75) is 19.3 Å². The van der Waals surface area contributed by atoms with Gasteiger partial charge in [-0.25, -0.2) is 0 Å². The molecule has 0 atom stereocenters. The number of likely N-dealkylation sites (tertiary alicyclic amines) is 1. The summed E-state index contributed by atoms with van der Waals surface area (Å²) in [6.45, 7) is 1.19. The van der Waals surface area contributed by atoms with Crippen LogP contribution >= 0.6 is 11.6 Å². The van der Waals surface area contributed by atoms with Gasteiger partial charge in [0.1, 0.15) is 6.33 Å². The first kappa shape index (κ1) is 17.3. The Morgan fingerprint density at radius 3 is 2.72 bits per heavy atom. The molecule has 1 fully saturated rings. The van der Waals surface area contributed by atoms with E-state index in [4.69, 9.17) is 16.3 Å². The number of amides is 1. The maximum absolute atomic E-state index is 12.9. The van der Waals surface area contributed by atoms with Gasteiger partial charge < -0.3 is 9.64 Å². The summed E-state index contributed by atoms with van der Waals surface area (Å²) in [6, 6.07) is 5.02. The lowest BCUT2D eigenvalue weighted by molar-refractivity contribution is -0.142. The number of piperidine rings is 1. The van der Waals surface area contributed by atoms with Crippen LogP contribution in [-0.2, 0) is 9.53 Å². The molecular weight excluding hydrogens is 346 g/mol. The summed E-state index contributed by atoms with van der Waals surface area (Å²) in [7, 11) is 1.39. The number of rotatable bonds is 4. The van der Waals surface area contributed by atoms with Crippen LogP contribution in [0.1, 0.15) is 29.6 Å². The second kappa shape index (κ2) is 7.60. The van der Waals surface area contributed by atoms with Crippen LogP contribution in [-0.4, -0.2) is 57.2 Å². The molecule has 132 valence electrons. The van der Waals surface area contributed by atoms with Crippen molar-refractivity contribution < 1.29 is 14.3 Å². The molecule has 0 aliphatic carbocycles. The van der Waals surface area contributed by atoms with Crippen LogP contribution in [0, 0.1) is 5.92 Å². The molecule has 0 N–H and O–H groups in total. The molecular formula is C16H18ClN5O3. The van der Waals surface area contributed by atoms with Crippen LogP contribution in [0.4, 0.5) is 0 Å². The molecule has 1 aliphatic heterocycles. The highest BCUT2D eigenvalue weighted by Gasteiger charge is 2.27. The smallest absolute Gasteiger partial charge is 0.305 e. The molecule has 0 unspecified atom stereocenters. The Kier molecular flexibility index (Phi) is 5.28. The third kappa shape index (κ3) is 3.96. The van der Waals surface area contributed by atoms with Gasteiger partial charge in [-0.05, 0) is 47.4 Å². The summed E-state index contributed by atoms with van der Waals surface area (Å²) in [6.07, 6.45) is 3.36. The van der Waals surface area contributed by atoms with Crippen molar-refractivity contribution in [1.29, 1.82) is 0 Å². The molecule has 2 aromatic rings. The van der Waals surface area contributed by atoms with Crippen molar-refractivity contribution in [2.75, 3.05) is 20.2 Å². The molecule has 3 rings (SSSR count). The molecule has 2 heterocycles. The summed E-state index contributed by atoms with van der Waals surface area (Å²) < 4.78 is 6.13. The van der Waals surface area contributed by atoms with Crippen LogP contribution in [0.15, 0.2) is 24.5 Å². The van der Waals surface area contributed by atoms with E-state index in [1.54, 1.807) is 23.1 Å². The van der Waals surface area contributed by atoms with Gasteiger partial charge in [-0.3, -0.25) is 9.59 Å². The van der Waals surface area contributed by atoms with E-state index in [1.807, 2.05) is 0 Å². The van der Waals surface area contributed by atoms with E-state index in [9.17, 15) is 9.59 Å². The third-order valence-corrected chi connectivity index (χ3v) is 4.61. The topological polar surface area (TPSA) is 90.2 Å². The summed E-state index contributed by atoms with van der Waals surface area (Å²) in [5.41, 5.74) is 1.03. The Bertz CT molecular complexity index is 757. The normalized spacial score (nSPS) is 15.2. The lowest BCUT2D eigenvalue weighted by Crippen LogP contribution is -2.39. The molecule has 8 nitrogen and oxygen atoms in total. The zero-order chi connectivity index (χ0) is 17.8. The highest BCUT2D eigenvalue weighted by molar-refractivity contribution is 6.31. The van der Waals surface area contributed by atoms with Crippen LogP contribution in [0.5, 0.6) is 0 Å². The number of methoxy groups -OCH3 is 1. The number of esters is 1. The zero-order valence-electron chi connectivity index (χ0n) is 13.8. The number of halogens is 1. The summed E-state index contributed by atoms with van der Waals surface area (Å²) in [5.74, 6) is -0.0529. The molecule has 1 aliphatic rings. The largest absolute Gasteiger partial charge is 0.469 e. The minimum Gasteiger partial charge on any atom is -0.469 e. The van der Waals surface area contributed by atoms with E-state index in [-0.39, 0.29) is 17.8 Å². The number of hydrogen-bond acceptors (Lipinski definition) is 6. The Hall–Kier alpha value is -2.48. The fourth-order valence-corrected chi connectivity index (χ4v) is 3.14. The van der Waals surface area contributed by atoms with Crippen LogP contribution in [0.3, 0.4) is 0 Å². The number of nitrogens with zero attached hydrogens (tertiary/aromatic N) is 5. The highest BCUT2D eigenvalue weighted by atomic mass is 35.5. The molecule has 1 aromatic heterocycles. The number of ether oxygens (including phenoxy) is 1. The molecule has 9 heteroatoms. The van der Waals surface area contributed by atoms with Crippen LogP contribution in [0.25, 0.3) is 5.69 Å². The van der Waals surface area contributed by atoms with E-state index in [0.29, 0.717) is 35.8 Å². The van der Waals surface area contributed by atoms with Crippen molar-refractivity contribution in [1.82, 2.24) is 25.1 Å². The predicted molar refractivity (Wildman–Crippen MR) is 89.4 cm³/mol. The molecule has 25 heavy (non-hydrogen) atoms. The van der Waals surface area contributed by atoms with Gasteiger partial charge in [0.15, 0.2) is 0 Å². The third-order valence-electron chi connectivity index (χ3n) is 4.37. The quantitative estimate of drug-likeness (QED) is 0.768. The number of carbonyl (C=O) groups is 2. The first-order valence-corrected chi connectivity index (χ1v) is 8.35. The van der Waals surface area contributed by atoms with E-state index >= 15 is 0 Å². The van der Waals surface area contributed by atoms with Gasteiger partial charge in [0.2, 0.25) is 0 Å². The van der Waals surface area contributed by atoms with Crippen molar-refractivity contribution in [2.24, 2.45) is 5.92 Å². The van der Waals surface area contributed by atoms with Crippen molar-refractivity contribution in [3.63, 3.8) is 0 Å². The first-order chi connectivity index (χ1) is 12.1. The average molecular weight is 364 g/mol. The van der Waals surface area contributed by atoms with Gasteiger partial charge in [0.05, 0.1) is 18.4 Å². The number of benzene rings is 1. The van der Waals surface area contributed by atoms with Crippen LogP contribution in [0.2, 0.25) is 5.02 Å². The van der Waals surface area contributed by atoms with Crippen molar-refractivity contribution in [3.8, 4) is 5.69 Å². The first-order valence-electron chi connectivity index (χ1n) is 7.97. The van der Waals surface area contributed by atoms with Gasteiger partial charge in [0.25, 0.3) is 5.91 Å². The van der Waals surface area contributed by atoms with E-state index in [1.165, 1.54) is 18.1 Å². The number of hydrogen-bond donors (Lipinski definition) is 0. The van der Waals surface area contributed by atoms with Gasteiger partial charge in [0, 0.05) is 24.5 Å². The van der Waals surface area contributed by atoms with Crippen molar-refractivity contribution in [3.05, 3.63) is 35.1 Å². The Labute approximate surface area is 149 Å². The summed E-state index contributed by atoms with van der Waals surface area (Å²) in [5, 5.41) is 11.6. The van der Waals surface area contributed by atoms with Gasteiger partial charge in [-0.2, -0.15) is 4.68 Å². The lowest BCUT2D eigenvalue weighted by atomic mass is 9.93. The van der Waals surface area contributed by atoms with Gasteiger partial charge in [-0.15, -0.1) is 5.10 Å². The minimum atomic E-state index is -0.205. The van der Waals surface area contributed by atoms with Crippen LogP contribution < -0.4 is 0 Å². The standard InChI is InChI=1S/C16H18ClN5O3/c1-25-15(23)8-11-4-6-21(7-5-11)16(24)13-3-2-12(17)9-14(13)22-10-18-19-20-22/h2-3,9-11H,4-8H2,1H3. The SMILES string of the molecule is COC(=O)CC1CCN(C(=O)c2ccc(Cl)cc2-n2cnnn2)CC1. The molecule has 1 amide bonds. The molecule has 1 saturated heterocycles. The Morgan fingerprint density at radius 2 is 2.08 bits per heavy atom. The summed E-state index contributed by atoms with van der Waals surface area (Å²) >= 11 is 6.05. The van der Waals surface area contributed by atoms with Crippen molar-refractivity contribution >= 4 is 23.5 Å². The predicted octanol–water partition coefficient (Wildman–Crippen LogP) is 1.73. The number of aromatic nitrogens is 4. The van der Waals surface area contributed by atoms with Gasteiger partial charge >= 0.3 is 5.97 Å². The number of tetrazole rings is 1. The maximum atomic E-state index is 12.9. The second-order valence-corrected chi connectivity index (χ2v) is 6.37. The fourth-order valence-electron chi connectivity index (χ4n) is 2.98. The summed E-state index contributed by atoms with van der Waals surface area (Å²) in [4.78, 5) is 26.1. The molecule has 1 aromatic carbocycles. The van der Waals surface area contributed by atoms with E-state index in [2.05, 4.69) is 15.5 Å². The fraction of sp³-hybridized carbons (Fsp3) is 0.438. The molecule has 0 radical (unpaired) electrons. The molecule has 0 bridgehead atoms. The molecule has 0 spiro atoms. The highest BCUT2D eigenvalue weighted by Crippen LogP contribution is 2.25. The second-order valence-electron chi connectivity index (χ2n) is 5.93. The lowest BCUT2D eigenvalue weighted by Gasteiger charge is -2.32.